The standard InChI is InChI=1S/C5H9NO.C2H5N/c1-6-4-2-3-5(6)7;1-2-3/h2-4H2,1H3;2H,1,3H2. The van der Waals surface area contributed by atoms with Crippen LogP contribution < -0.4 is 5.73 Å². The van der Waals surface area contributed by atoms with Crippen LogP contribution in [0.4, 0.5) is 0 Å². The molecule has 0 aliphatic carbocycles. The summed E-state index contributed by atoms with van der Waals surface area (Å²) in [5, 5.41) is 0. The maximum Gasteiger partial charge on any atom is 0.222 e. The molecule has 10 heavy (non-hydrogen) atoms. The molecule has 1 amide bonds. The van der Waals surface area contributed by atoms with Crippen molar-refractivity contribution in [1.29, 1.82) is 0 Å². The molecule has 2 N–H and O–H groups in total. The zero-order chi connectivity index (χ0) is 7.98. The summed E-state index contributed by atoms with van der Waals surface area (Å²) in [6.45, 7) is 4.10. The van der Waals surface area contributed by atoms with E-state index in [1.807, 2.05) is 7.05 Å². The van der Waals surface area contributed by atoms with E-state index < -0.39 is 0 Å². The average molecular weight is 142 g/mol. The van der Waals surface area contributed by atoms with Crippen molar-refractivity contribution in [1.82, 2.24) is 4.90 Å². The van der Waals surface area contributed by atoms with Crippen molar-refractivity contribution < 1.29 is 4.79 Å². The molecule has 0 atom stereocenters. The predicted molar refractivity (Wildman–Crippen MR) is 41.3 cm³/mol. The molecule has 1 aliphatic heterocycles. The van der Waals surface area contributed by atoms with E-state index in [-0.39, 0.29) is 0 Å². The first kappa shape index (κ1) is 9.01. The Morgan fingerprint density at radius 2 is 2.30 bits per heavy atom. The summed E-state index contributed by atoms with van der Waals surface area (Å²) in [5.74, 6) is 0.292. The number of hydrogen-bond donors (Lipinski definition) is 1. The normalized spacial score (nSPS) is 16.1. The second-order valence-electron chi connectivity index (χ2n) is 2.15. The van der Waals surface area contributed by atoms with Crippen molar-refractivity contribution in [2.75, 3.05) is 13.6 Å². The highest BCUT2D eigenvalue weighted by atomic mass is 16.2. The molecule has 0 aromatic rings. The van der Waals surface area contributed by atoms with Crippen LogP contribution in [0.1, 0.15) is 12.8 Å². The molecule has 1 saturated heterocycles. The van der Waals surface area contributed by atoms with Crippen molar-refractivity contribution in [3.8, 4) is 0 Å². The van der Waals surface area contributed by atoms with Crippen molar-refractivity contribution >= 4 is 5.91 Å². The molecule has 0 unspecified atom stereocenters. The minimum atomic E-state index is 0.292. The van der Waals surface area contributed by atoms with Crippen molar-refractivity contribution in [2.24, 2.45) is 5.73 Å². The van der Waals surface area contributed by atoms with Gasteiger partial charge in [-0.25, -0.2) is 0 Å². The Morgan fingerprint density at radius 1 is 1.80 bits per heavy atom. The number of hydrogen-bond acceptors (Lipinski definition) is 2. The molecule has 0 spiro atoms. The maximum atomic E-state index is 10.5. The fourth-order valence-corrected chi connectivity index (χ4v) is 0.783. The van der Waals surface area contributed by atoms with Crippen LogP contribution in [0.5, 0.6) is 0 Å². The van der Waals surface area contributed by atoms with E-state index in [2.05, 4.69) is 12.3 Å². The van der Waals surface area contributed by atoms with Crippen LogP contribution in [-0.4, -0.2) is 24.4 Å². The van der Waals surface area contributed by atoms with Gasteiger partial charge in [0.2, 0.25) is 5.91 Å². The topological polar surface area (TPSA) is 46.3 Å². The number of nitrogens with two attached hydrogens (primary N) is 1. The van der Waals surface area contributed by atoms with Gasteiger partial charge in [0, 0.05) is 20.0 Å². The van der Waals surface area contributed by atoms with E-state index in [4.69, 9.17) is 0 Å². The first-order chi connectivity index (χ1) is 4.72. The van der Waals surface area contributed by atoms with Gasteiger partial charge in [-0.2, -0.15) is 0 Å². The van der Waals surface area contributed by atoms with Crippen LogP contribution in [0.25, 0.3) is 0 Å². The van der Waals surface area contributed by atoms with Crippen LogP contribution in [0.15, 0.2) is 12.8 Å². The Hall–Kier alpha value is -0.990. The molecule has 0 saturated carbocycles. The molecule has 1 rings (SSSR count). The summed E-state index contributed by atoms with van der Waals surface area (Å²) in [6.07, 6.45) is 3.06. The zero-order valence-electron chi connectivity index (χ0n) is 6.34. The third-order valence-corrected chi connectivity index (χ3v) is 1.31. The molecular weight excluding hydrogens is 128 g/mol. The monoisotopic (exact) mass is 142 g/mol. The Labute approximate surface area is 61.5 Å². The van der Waals surface area contributed by atoms with Gasteiger partial charge in [-0.05, 0) is 12.6 Å². The number of amides is 1. The Balaban J connectivity index is 0.000000236. The smallest absolute Gasteiger partial charge is 0.222 e. The number of carbonyl (C=O) groups excluding carboxylic acids is 1. The lowest BCUT2D eigenvalue weighted by Crippen LogP contribution is -2.17. The zero-order valence-corrected chi connectivity index (χ0v) is 6.34. The van der Waals surface area contributed by atoms with Gasteiger partial charge in [0.1, 0.15) is 0 Å². The van der Waals surface area contributed by atoms with Crippen LogP contribution in [0.3, 0.4) is 0 Å². The van der Waals surface area contributed by atoms with E-state index in [0.29, 0.717) is 5.91 Å². The third-order valence-electron chi connectivity index (χ3n) is 1.31. The highest BCUT2D eigenvalue weighted by molar-refractivity contribution is 5.77. The van der Waals surface area contributed by atoms with E-state index in [9.17, 15) is 4.79 Å². The summed E-state index contributed by atoms with van der Waals surface area (Å²) >= 11 is 0. The summed E-state index contributed by atoms with van der Waals surface area (Å²) in [5.41, 5.74) is 4.61. The van der Waals surface area contributed by atoms with Crippen LogP contribution in [0.2, 0.25) is 0 Å². The number of rotatable bonds is 0. The maximum absolute atomic E-state index is 10.5. The van der Waals surface area contributed by atoms with Gasteiger partial charge < -0.3 is 10.6 Å². The van der Waals surface area contributed by atoms with E-state index in [1.54, 1.807) is 4.90 Å². The summed E-state index contributed by atoms with van der Waals surface area (Å²) in [6, 6.07) is 0. The van der Waals surface area contributed by atoms with Crippen molar-refractivity contribution in [3.05, 3.63) is 12.8 Å². The Kier molecular flexibility index (Phi) is 4.37. The molecule has 58 valence electrons. The van der Waals surface area contributed by atoms with Gasteiger partial charge in [-0.15, -0.1) is 0 Å². The second-order valence-corrected chi connectivity index (χ2v) is 2.15. The predicted octanol–water partition coefficient (Wildman–Crippen LogP) is 0.327. The minimum absolute atomic E-state index is 0.292. The fraction of sp³-hybridized carbons (Fsp3) is 0.571. The molecule has 0 radical (unpaired) electrons. The fourth-order valence-electron chi connectivity index (χ4n) is 0.783. The van der Waals surface area contributed by atoms with Crippen LogP contribution in [0, 0.1) is 0 Å². The average Bonchev–Trinajstić information content (AvgIpc) is 2.19. The van der Waals surface area contributed by atoms with Crippen molar-refractivity contribution in [2.45, 2.75) is 12.8 Å². The first-order valence-corrected chi connectivity index (χ1v) is 3.29. The van der Waals surface area contributed by atoms with Crippen LogP contribution in [-0.2, 0) is 4.79 Å². The highest BCUT2D eigenvalue weighted by Gasteiger charge is 2.14. The van der Waals surface area contributed by atoms with Crippen molar-refractivity contribution in [3.63, 3.8) is 0 Å². The Morgan fingerprint density at radius 3 is 2.40 bits per heavy atom. The van der Waals surface area contributed by atoms with E-state index >= 15 is 0 Å². The first-order valence-electron chi connectivity index (χ1n) is 3.29. The molecule has 1 fully saturated rings. The molecule has 3 heteroatoms. The van der Waals surface area contributed by atoms with E-state index in [1.165, 1.54) is 6.20 Å². The molecular formula is C7H14N2O. The lowest BCUT2D eigenvalue weighted by atomic mass is 10.4. The summed E-state index contributed by atoms with van der Waals surface area (Å²) in [7, 11) is 1.84. The number of nitrogens with zero attached hydrogens (tertiary/aromatic N) is 1. The largest absolute Gasteiger partial charge is 0.405 e. The molecule has 0 aromatic carbocycles. The van der Waals surface area contributed by atoms with Gasteiger partial charge >= 0.3 is 0 Å². The number of likely N-dealkylation sites (tertiary alicyclic amines) is 1. The Bertz CT molecular complexity index is 123. The summed E-state index contributed by atoms with van der Waals surface area (Å²) < 4.78 is 0. The lowest BCUT2D eigenvalue weighted by molar-refractivity contribution is -0.126. The summed E-state index contributed by atoms with van der Waals surface area (Å²) in [4.78, 5) is 12.3. The quantitative estimate of drug-likeness (QED) is 0.529. The molecule has 0 aromatic heterocycles. The lowest BCUT2D eigenvalue weighted by Gasteiger charge is -2.03. The van der Waals surface area contributed by atoms with Gasteiger partial charge in [0.05, 0.1) is 0 Å². The van der Waals surface area contributed by atoms with Gasteiger partial charge in [0.25, 0.3) is 0 Å². The minimum Gasteiger partial charge on any atom is -0.405 e. The molecule has 3 nitrogen and oxygen atoms in total. The SMILES string of the molecule is C=CN.CN1CCCC1=O. The van der Waals surface area contributed by atoms with Gasteiger partial charge in [0.15, 0.2) is 0 Å². The third kappa shape index (κ3) is 3.12. The number of carbonyl (C=O) groups is 1. The van der Waals surface area contributed by atoms with Crippen LogP contribution >= 0.6 is 0 Å². The second kappa shape index (κ2) is 4.85. The highest BCUT2D eigenvalue weighted by Crippen LogP contribution is 2.04. The molecule has 0 bridgehead atoms. The van der Waals surface area contributed by atoms with Gasteiger partial charge in [-0.1, -0.05) is 6.58 Å². The van der Waals surface area contributed by atoms with E-state index in [0.717, 1.165) is 19.4 Å². The molecule has 1 aliphatic rings. The van der Waals surface area contributed by atoms with Gasteiger partial charge in [-0.3, -0.25) is 4.79 Å². The molecule has 1 heterocycles.